The predicted octanol–water partition coefficient (Wildman–Crippen LogP) is 13.1. The third kappa shape index (κ3) is 8.40. The van der Waals surface area contributed by atoms with Crippen molar-refractivity contribution >= 4 is 10.8 Å². The molecule has 0 unspecified atom stereocenters. The smallest absolute Gasteiger partial charge is 0.0159 e. The Labute approximate surface area is 272 Å². The first-order valence-corrected chi connectivity index (χ1v) is 16.3. The van der Waals surface area contributed by atoms with Crippen molar-refractivity contribution in [3.8, 4) is 22.3 Å². The molecule has 0 heteroatoms. The minimum Gasteiger partial charge on any atom is -0.0656 e. The van der Waals surface area contributed by atoms with E-state index in [4.69, 9.17) is 0 Å². The lowest BCUT2D eigenvalue weighted by atomic mass is 9.81. The van der Waals surface area contributed by atoms with Gasteiger partial charge in [0.2, 0.25) is 0 Å². The SMILES string of the molecule is CCC.Cc1ccc(-c2ccc3ccccc3c2)cc1.Cc1ccc2c(c1)C(C)(C)c1cc(C)ccc1-2.Cc1cccc(C)c1. The van der Waals surface area contributed by atoms with Crippen molar-refractivity contribution in [1.82, 2.24) is 0 Å². The Balaban J connectivity index is 0.000000156. The fourth-order valence-corrected chi connectivity index (χ4v) is 5.89. The van der Waals surface area contributed by atoms with Crippen LogP contribution in [0.5, 0.6) is 0 Å². The molecule has 0 bridgehead atoms. The zero-order chi connectivity index (χ0) is 32.6. The van der Waals surface area contributed by atoms with Gasteiger partial charge in [-0.3, -0.25) is 0 Å². The minimum absolute atomic E-state index is 0.142. The number of benzene rings is 6. The molecule has 0 spiro atoms. The van der Waals surface area contributed by atoms with Crippen LogP contribution in [0.25, 0.3) is 33.0 Å². The molecule has 0 aliphatic heterocycles. The molecule has 0 atom stereocenters. The Hall–Kier alpha value is -4.42. The number of aryl methyl sites for hydroxylation is 5. The molecule has 0 saturated heterocycles. The van der Waals surface area contributed by atoms with Crippen LogP contribution in [0.2, 0.25) is 0 Å². The summed E-state index contributed by atoms with van der Waals surface area (Å²) >= 11 is 0. The van der Waals surface area contributed by atoms with Gasteiger partial charge in [0, 0.05) is 5.41 Å². The van der Waals surface area contributed by atoms with E-state index in [1.807, 2.05) is 0 Å². The highest BCUT2D eigenvalue weighted by molar-refractivity contribution is 5.87. The first-order chi connectivity index (χ1) is 21.5. The molecule has 0 N–H and O–H groups in total. The van der Waals surface area contributed by atoms with Gasteiger partial charge >= 0.3 is 0 Å². The molecule has 0 radical (unpaired) electrons. The van der Waals surface area contributed by atoms with Gasteiger partial charge in [0.15, 0.2) is 0 Å². The van der Waals surface area contributed by atoms with Crippen molar-refractivity contribution in [2.24, 2.45) is 0 Å². The van der Waals surface area contributed by atoms with E-state index >= 15 is 0 Å². The highest BCUT2D eigenvalue weighted by Crippen LogP contribution is 2.48. The van der Waals surface area contributed by atoms with E-state index < -0.39 is 0 Å². The predicted molar refractivity (Wildman–Crippen MR) is 199 cm³/mol. The van der Waals surface area contributed by atoms with Crippen molar-refractivity contribution in [2.75, 3.05) is 0 Å². The molecule has 230 valence electrons. The standard InChI is InChI=1S/C17H18.C17H14.C8H10.C3H8/c1-11-5-7-13-14-8-6-12(2)10-16(14)17(3,4)15(13)9-11;1-13-6-8-15(9-7-13)17-11-10-14-4-2-3-5-16(14)12-17;1-7-4-3-5-8(2)6-7;1-3-2/h5-10H,1-4H3;2-12H,1H3;3-6H,1-2H3;3H2,1-2H3. The second kappa shape index (κ2) is 15.0. The second-order valence-electron chi connectivity index (χ2n) is 13.0. The highest BCUT2D eigenvalue weighted by Gasteiger charge is 2.35. The van der Waals surface area contributed by atoms with Crippen LogP contribution in [0.3, 0.4) is 0 Å². The first-order valence-electron chi connectivity index (χ1n) is 16.3. The van der Waals surface area contributed by atoms with Crippen molar-refractivity contribution in [3.63, 3.8) is 0 Å². The second-order valence-corrected chi connectivity index (χ2v) is 13.0. The van der Waals surface area contributed by atoms with E-state index in [0.29, 0.717) is 0 Å². The maximum absolute atomic E-state index is 2.34. The van der Waals surface area contributed by atoms with E-state index in [1.165, 1.54) is 78.4 Å². The summed E-state index contributed by atoms with van der Waals surface area (Å²) in [6.07, 6.45) is 1.25. The number of hydrogen-bond acceptors (Lipinski definition) is 0. The van der Waals surface area contributed by atoms with Crippen LogP contribution in [-0.4, -0.2) is 0 Å². The molecule has 0 heterocycles. The summed E-state index contributed by atoms with van der Waals surface area (Å²) < 4.78 is 0. The molecule has 7 rings (SSSR count). The van der Waals surface area contributed by atoms with Gasteiger partial charge in [-0.05, 0) is 84.8 Å². The fourth-order valence-electron chi connectivity index (χ4n) is 5.89. The summed E-state index contributed by atoms with van der Waals surface area (Å²) in [5.41, 5.74) is 15.1. The summed E-state index contributed by atoms with van der Waals surface area (Å²) in [5.74, 6) is 0. The van der Waals surface area contributed by atoms with Crippen LogP contribution in [0, 0.1) is 34.6 Å². The molecule has 6 aromatic rings. The molecule has 6 aromatic carbocycles. The summed E-state index contributed by atoms with van der Waals surface area (Å²) in [4.78, 5) is 0. The average Bonchev–Trinajstić information content (AvgIpc) is 3.23. The Bertz CT molecular complexity index is 1780. The summed E-state index contributed by atoms with van der Waals surface area (Å²) in [6, 6.07) is 45.9. The molecule has 0 nitrogen and oxygen atoms in total. The van der Waals surface area contributed by atoms with Gasteiger partial charge in [0.25, 0.3) is 0 Å². The van der Waals surface area contributed by atoms with E-state index in [9.17, 15) is 0 Å². The van der Waals surface area contributed by atoms with Crippen LogP contribution in [-0.2, 0) is 5.41 Å². The van der Waals surface area contributed by atoms with Crippen molar-refractivity contribution in [1.29, 1.82) is 0 Å². The number of fused-ring (bicyclic) bond motifs is 4. The zero-order valence-corrected chi connectivity index (χ0v) is 28.8. The molecule has 0 fully saturated rings. The average molecular weight is 591 g/mol. The fraction of sp³-hybridized carbons (Fsp3) is 0.244. The van der Waals surface area contributed by atoms with Gasteiger partial charge in [-0.15, -0.1) is 0 Å². The minimum atomic E-state index is 0.142. The molecule has 0 aromatic heterocycles. The summed E-state index contributed by atoms with van der Waals surface area (Å²) in [6.45, 7) is 19.6. The van der Waals surface area contributed by atoms with Gasteiger partial charge in [-0.25, -0.2) is 0 Å². The molecular weight excluding hydrogens is 540 g/mol. The monoisotopic (exact) mass is 590 g/mol. The number of hydrogen-bond donors (Lipinski definition) is 0. The van der Waals surface area contributed by atoms with E-state index in [0.717, 1.165) is 0 Å². The largest absolute Gasteiger partial charge is 0.0656 e. The van der Waals surface area contributed by atoms with Crippen LogP contribution in [0.15, 0.2) is 127 Å². The van der Waals surface area contributed by atoms with Crippen molar-refractivity contribution in [2.45, 2.75) is 74.1 Å². The molecule has 0 amide bonds. The lowest BCUT2D eigenvalue weighted by molar-refractivity contribution is 0.659. The summed E-state index contributed by atoms with van der Waals surface area (Å²) in [7, 11) is 0. The Kier molecular flexibility index (Phi) is 11.2. The van der Waals surface area contributed by atoms with Crippen LogP contribution in [0.1, 0.15) is 73.1 Å². The van der Waals surface area contributed by atoms with E-state index in [2.05, 4.69) is 190 Å². The third-order valence-corrected chi connectivity index (χ3v) is 8.29. The summed E-state index contributed by atoms with van der Waals surface area (Å²) in [5, 5.41) is 2.59. The molecule has 1 aliphatic carbocycles. The quantitative estimate of drug-likeness (QED) is 0.179. The van der Waals surface area contributed by atoms with Gasteiger partial charge < -0.3 is 0 Å². The maximum Gasteiger partial charge on any atom is 0.0159 e. The topological polar surface area (TPSA) is 0 Å². The Morgan fingerprint density at radius 1 is 0.400 bits per heavy atom. The molecule has 1 aliphatic rings. The number of rotatable bonds is 1. The Morgan fingerprint density at radius 3 is 1.33 bits per heavy atom. The van der Waals surface area contributed by atoms with Gasteiger partial charge in [0.05, 0.1) is 0 Å². The molecule has 45 heavy (non-hydrogen) atoms. The molecular formula is C45H50. The van der Waals surface area contributed by atoms with Gasteiger partial charge in [-0.1, -0.05) is 183 Å². The van der Waals surface area contributed by atoms with Crippen molar-refractivity contribution < 1.29 is 0 Å². The lowest BCUT2D eigenvalue weighted by Gasteiger charge is -2.22. The Morgan fingerprint density at radius 2 is 0.844 bits per heavy atom. The van der Waals surface area contributed by atoms with E-state index in [1.54, 1.807) is 0 Å². The third-order valence-electron chi connectivity index (χ3n) is 8.29. The van der Waals surface area contributed by atoms with Crippen LogP contribution < -0.4 is 0 Å². The zero-order valence-electron chi connectivity index (χ0n) is 28.8. The van der Waals surface area contributed by atoms with E-state index in [-0.39, 0.29) is 5.41 Å². The van der Waals surface area contributed by atoms with Gasteiger partial charge in [-0.2, -0.15) is 0 Å². The van der Waals surface area contributed by atoms with Crippen molar-refractivity contribution in [3.05, 3.63) is 166 Å². The van der Waals surface area contributed by atoms with Crippen LogP contribution in [0.4, 0.5) is 0 Å². The highest BCUT2D eigenvalue weighted by atomic mass is 14.4. The van der Waals surface area contributed by atoms with Gasteiger partial charge in [0.1, 0.15) is 0 Å². The first kappa shape index (κ1) is 33.5. The normalized spacial score (nSPS) is 11.9. The molecule has 0 saturated carbocycles. The maximum atomic E-state index is 2.34. The lowest BCUT2D eigenvalue weighted by Crippen LogP contribution is -2.15. The van der Waals surface area contributed by atoms with Crippen LogP contribution >= 0.6 is 0 Å².